The van der Waals surface area contributed by atoms with Gasteiger partial charge in [0.2, 0.25) is 13.6 Å². The van der Waals surface area contributed by atoms with E-state index in [9.17, 15) is 19.2 Å². The summed E-state index contributed by atoms with van der Waals surface area (Å²) >= 11 is 0. The molecule has 0 aliphatic carbocycles. The molecule has 0 fully saturated rings. The molecule has 0 aliphatic rings. The minimum absolute atomic E-state index is 0.137. The summed E-state index contributed by atoms with van der Waals surface area (Å²) in [5, 5.41) is 0. The van der Waals surface area contributed by atoms with Crippen molar-refractivity contribution in [3.05, 3.63) is 0 Å². The summed E-state index contributed by atoms with van der Waals surface area (Å²) in [6.45, 7) is 4.62. The third-order valence-corrected chi connectivity index (χ3v) is 2.36. The van der Waals surface area contributed by atoms with E-state index in [0.717, 1.165) is 0 Å². The van der Waals surface area contributed by atoms with Crippen LogP contribution < -0.4 is 0 Å². The summed E-state index contributed by atoms with van der Waals surface area (Å²) in [6.07, 6.45) is 0. The second-order valence-electron chi connectivity index (χ2n) is 4.54. The number of carbonyl (C=O) groups is 4. The van der Waals surface area contributed by atoms with Crippen molar-refractivity contribution in [3.63, 3.8) is 0 Å². The Bertz CT molecular complexity index is 373. The van der Waals surface area contributed by atoms with Crippen LogP contribution in [0.5, 0.6) is 0 Å². The van der Waals surface area contributed by atoms with E-state index in [1.807, 2.05) is 0 Å². The highest BCUT2D eigenvalue weighted by atomic mass is 16.7. The van der Waals surface area contributed by atoms with E-state index in [4.69, 9.17) is 0 Å². The predicted octanol–water partition coefficient (Wildman–Crippen LogP) is -0.176. The molecule has 0 aliphatic heterocycles. The zero-order chi connectivity index (χ0) is 17.1. The van der Waals surface area contributed by atoms with Crippen LogP contribution in [0.1, 0.15) is 27.7 Å². The fourth-order valence-corrected chi connectivity index (χ4v) is 1.20. The van der Waals surface area contributed by atoms with Crippen molar-refractivity contribution in [1.82, 2.24) is 4.90 Å². The lowest BCUT2D eigenvalue weighted by Crippen LogP contribution is -2.41. The first-order valence-electron chi connectivity index (χ1n) is 6.54. The lowest BCUT2D eigenvalue weighted by atomic mass is 10.3. The van der Waals surface area contributed by atoms with Gasteiger partial charge in [-0.3, -0.25) is 24.1 Å². The van der Waals surface area contributed by atoms with Crippen LogP contribution in [0.25, 0.3) is 0 Å². The Labute approximate surface area is 128 Å². The monoisotopic (exact) mass is 319 g/mol. The summed E-state index contributed by atoms with van der Waals surface area (Å²) in [7, 11) is 0. The van der Waals surface area contributed by atoms with E-state index in [2.05, 4.69) is 18.9 Å². The first-order chi connectivity index (χ1) is 10.2. The van der Waals surface area contributed by atoms with E-state index in [0.29, 0.717) is 0 Å². The maximum absolute atomic E-state index is 11.5. The zero-order valence-electron chi connectivity index (χ0n) is 13.1. The van der Waals surface area contributed by atoms with Gasteiger partial charge in [0.05, 0.1) is 13.1 Å². The highest BCUT2D eigenvalue weighted by Gasteiger charge is 2.19. The largest absolute Gasteiger partial charge is 0.428 e. The number of hydrogen-bond donors (Lipinski definition) is 0. The Morgan fingerprint density at radius 1 is 0.773 bits per heavy atom. The van der Waals surface area contributed by atoms with Crippen molar-refractivity contribution >= 4 is 23.9 Å². The van der Waals surface area contributed by atoms with Gasteiger partial charge in [-0.05, 0) is 13.8 Å². The molecule has 0 heterocycles. The number of esters is 4. The van der Waals surface area contributed by atoms with Gasteiger partial charge in [-0.25, -0.2) is 0 Å². The van der Waals surface area contributed by atoms with Crippen LogP contribution in [0, 0.1) is 0 Å². The summed E-state index contributed by atoms with van der Waals surface area (Å²) in [4.78, 5) is 45.6. The standard InChI is InChI=1S/C13H21NO8/c1-9(2)14(5-12(17)21-7-19-10(3)15)6-13(18)22-8-20-11(4)16/h9H,5-8H2,1-4H3. The summed E-state index contributed by atoms with van der Waals surface area (Å²) < 4.78 is 18.3. The van der Waals surface area contributed by atoms with E-state index in [1.54, 1.807) is 13.8 Å². The molecule has 126 valence electrons. The fraction of sp³-hybridized carbons (Fsp3) is 0.692. The quantitative estimate of drug-likeness (QED) is 0.422. The minimum atomic E-state index is -0.650. The van der Waals surface area contributed by atoms with Crippen molar-refractivity contribution in [1.29, 1.82) is 0 Å². The first-order valence-corrected chi connectivity index (χ1v) is 6.54. The molecule has 0 aromatic carbocycles. The topological polar surface area (TPSA) is 108 Å². The molecule has 0 N–H and O–H groups in total. The van der Waals surface area contributed by atoms with Crippen LogP contribution in [0.2, 0.25) is 0 Å². The Hall–Kier alpha value is -2.16. The van der Waals surface area contributed by atoms with Crippen LogP contribution in [0.3, 0.4) is 0 Å². The van der Waals surface area contributed by atoms with Gasteiger partial charge in [-0.1, -0.05) is 0 Å². The van der Waals surface area contributed by atoms with Gasteiger partial charge >= 0.3 is 23.9 Å². The average Bonchev–Trinajstić information content (AvgIpc) is 2.36. The van der Waals surface area contributed by atoms with Gasteiger partial charge in [0.1, 0.15) is 0 Å². The molecule has 0 saturated carbocycles. The molecule has 0 aromatic rings. The van der Waals surface area contributed by atoms with Gasteiger partial charge in [0, 0.05) is 19.9 Å². The molecule has 0 bridgehead atoms. The molecule has 0 unspecified atom stereocenters. The Balaban J connectivity index is 4.19. The van der Waals surface area contributed by atoms with Crippen LogP contribution in [0.4, 0.5) is 0 Å². The SMILES string of the molecule is CC(=O)OCOC(=O)CN(CC(=O)OCOC(C)=O)C(C)C. The zero-order valence-corrected chi connectivity index (χ0v) is 13.1. The number of ether oxygens (including phenoxy) is 4. The highest BCUT2D eigenvalue weighted by Crippen LogP contribution is 2.00. The van der Waals surface area contributed by atoms with Crippen LogP contribution >= 0.6 is 0 Å². The lowest BCUT2D eigenvalue weighted by molar-refractivity contribution is -0.168. The van der Waals surface area contributed by atoms with Crippen molar-refractivity contribution < 1.29 is 38.1 Å². The lowest BCUT2D eigenvalue weighted by Gasteiger charge is -2.24. The van der Waals surface area contributed by atoms with E-state index in [-0.39, 0.29) is 19.1 Å². The maximum atomic E-state index is 11.5. The van der Waals surface area contributed by atoms with Crippen LogP contribution in [-0.4, -0.2) is 61.5 Å². The van der Waals surface area contributed by atoms with Gasteiger partial charge in [0.25, 0.3) is 0 Å². The molecule has 0 saturated heterocycles. The third-order valence-electron chi connectivity index (χ3n) is 2.36. The minimum Gasteiger partial charge on any atom is -0.428 e. The fourth-order valence-electron chi connectivity index (χ4n) is 1.20. The van der Waals surface area contributed by atoms with Crippen molar-refractivity contribution in [2.24, 2.45) is 0 Å². The number of carbonyl (C=O) groups excluding carboxylic acids is 4. The average molecular weight is 319 g/mol. The van der Waals surface area contributed by atoms with Crippen molar-refractivity contribution in [2.75, 3.05) is 26.7 Å². The summed E-state index contributed by atoms with van der Waals surface area (Å²) in [5.41, 5.74) is 0. The predicted molar refractivity (Wildman–Crippen MR) is 72.2 cm³/mol. The Morgan fingerprint density at radius 2 is 1.14 bits per heavy atom. The Morgan fingerprint density at radius 3 is 1.41 bits per heavy atom. The second-order valence-corrected chi connectivity index (χ2v) is 4.54. The summed E-state index contributed by atoms with van der Waals surface area (Å²) in [6, 6.07) is -0.137. The number of nitrogens with zero attached hydrogens (tertiary/aromatic N) is 1. The molecule has 0 atom stereocenters. The maximum Gasteiger partial charge on any atom is 0.323 e. The molecule has 0 spiro atoms. The second kappa shape index (κ2) is 10.6. The molecular weight excluding hydrogens is 298 g/mol. The van der Waals surface area contributed by atoms with Crippen LogP contribution in [0.15, 0.2) is 0 Å². The molecular formula is C13H21NO8. The van der Waals surface area contributed by atoms with Crippen molar-refractivity contribution in [3.8, 4) is 0 Å². The van der Waals surface area contributed by atoms with E-state index < -0.39 is 37.5 Å². The van der Waals surface area contributed by atoms with Gasteiger partial charge in [-0.2, -0.15) is 0 Å². The molecule has 9 nitrogen and oxygen atoms in total. The molecule has 22 heavy (non-hydrogen) atoms. The Kier molecular flexibility index (Phi) is 9.51. The van der Waals surface area contributed by atoms with Gasteiger partial charge < -0.3 is 18.9 Å². The third kappa shape index (κ3) is 10.6. The van der Waals surface area contributed by atoms with E-state index >= 15 is 0 Å². The molecule has 0 radical (unpaired) electrons. The van der Waals surface area contributed by atoms with Crippen LogP contribution in [-0.2, 0) is 38.1 Å². The highest BCUT2D eigenvalue weighted by molar-refractivity contribution is 5.75. The van der Waals surface area contributed by atoms with E-state index in [1.165, 1.54) is 18.7 Å². The molecule has 0 rings (SSSR count). The van der Waals surface area contributed by atoms with Gasteiger partial charge in [0.15, 0.2) is 0 Å². The summed E-state index contributed by atoms with van der Waals surface area (Å²) in [5.74, 6) is -2.43. The number of hydrogen-bond acceptors (Lipinski definition) is 9. The van der Waals surface area contributed by atoms with Gasteiger partial charge in [-0.15, -0.1) is 0 Å². The normalized spacial score (nSPS) is 10.3. The number of rotatable bonds is 9. The van der Waals surface area contributed by atoms with Crippen molar-refractivity contribution in [2.45, 2.75) is 33.7 Å². The molecule has 0 aromatic heterocycles. The first kappa shape index (κ1) is 19.8. The smallest absolute Gasteiger partial charge is 0.323 e. The molecule has 9 heteroatoms. The molecule has 0 amide bonds.